The predicted molar refractivity (Wildman–Crippen MR) is 78.5 cm³/mol. The Labute approximate surface area is 120 Å². The molecule has 1 saturated heterocycles. The van der Waals surface area contributed by atoms with Crippen molar-refractivity contribution in [2.45, 2.75) is 56.7 Å². The van der Waals surface area contributed by atoms with Gasteiger partial charge in [0.15, 0.2) is 0 Å². The van der Waals surface area contributed by atoms with Crippen LogP contribution in [0.25, 0.3) is 0 Å². The highest BCUT2D eigenvalue weighted by Crippen LogP contribution is 2.39. The summed E-state index contributed by atoms with van der Waals surface area (Å²) in [6.07, 6.45) is 7.50. The number of hydrogen-bond acceptors (Lipinski definition) is 2. The standard InChI is InChI=1S/C16H22ClNO/c17-14-5-3-13(4-6-14)12-18-15-7-10-19-16(11-15)8-1-2-9-16/h3-6,15,18H,1-2,7-12H2. The van der Waals surface area contributed by atoms with Gasteiger partial charge in [0, 0.05) is 24.2 Å². The van der Waals surface area contributed by atoms with Gasteiger partial charge >= 0.3 is 0 Å². The van der Waals surface area contributed by atoms with Crippen molar-refractivity contribution in [1.82, 2.24) is 5.32 Å². The van der Waals surface area contributed by atoms with Crippen LogP contribution < -0.4 is 5.32 Å². The molecule has 2 aliphatic rings. The molecule has 3 rings (SSSR count). The lowest BCUT2D eigenvalue weighted by atomic mass is 9.89. The Balaban J connectivity index is 1.53. The lowest BCUT2D eigenvalue weighted by Gasteiger charge is -2.38. The van der Waals surface area contributed by atoms with Crippen LogP contribution in [0.4, 0.5) is 0 Å². The Morgan fingerprint density at radius 1 is 1.21 bits per heavy atom. The SMILES string of the molecule is Clc1ccc(CNC2CCOC3(CCCC3)C2)cc1. The highest BCUT2D eigenvalue weighted by Gasteiger charge is 2.39. The molecule has 2 nitrogen and oxygen atoms in total. The van der Waals surface area contributed by atoms with E-state index in [0.717, 1.165) is 24.6 Å². The first-order valence-corrected chi connectivity index (χ1v) is 7.75. The first-order valence-electron chi connectivity index (χ1n) is 7.38. The van der Waals surface area contributed by atoms with Crippen molar-refractivity contribution >= 4 is 11.6 Å². The number of ether oxygens (including phenoxy) is 1. The molecular weight excluding hydrogens is 258 g/mol. The molecule has 104 valence electrons. The Hall–Kier alpha value is -0.570. The minimum Gasteiger partial charge on any atom is -0.375 e. The first kappa shape index (κ1) is 13.4. The number of hydrogen-bond donors (Lipinski definition) is 1. The fourth-order valence-corrected chi connectivity index (χ4v) is 3.56. The van der Waals surface area contributed by atoms with E-state index in [4.69, 9.17) is 16.3 Å². The molecule has 1 unspecified atom stereocenters. The zero-order valence-corrected chi connectivity index (χ0v) is 12.1. The molecule has 1 aromatic carbocycles. The van der Waals surface area contributed by atoms with Crippen LogP contribution in [0.1, 0.15) is 44.1 Å². The van der Waals surface area contributed by atoms with Crippen LogP contribution in [0.15, 0.2) is 24.3 Å². The summed E-state index contributed by atoms with van der Waals surface area (Å²) >= 11 is 5.91. The summed E-state index contributed by atoms with van der Waals surface area (Å²) in [4.78, 5) is 0. The van der Waals surface area contributed by atoms with Crippen molar-refractivity contribution in [3.63, 3.8) is 0 Å². The van der Waals surface area contributed by atoms with Gasteiger partial charge in [0.05, 0.1) is 5.60 Å². The highest BCUT2D eigenvalue weighted by molar-refractivity contribution is 6.30. The molecule has 1 heterocycles. The molecule has 2 fully saturated rings. The third kappa shape index (κ3) is 3.31. The number of nitrogens with one attached hydrogen (secondary N) is 1. The first-order chi connectivity index (χ1) is 9.26. The molecule has 1 aromatic rings. The minimum absolute atomic E-state index is 0.204. The largest absolute Gasteiger partial charge is 0.375 e. The van der Waals surface area contributed by atoms with E-state index < -0.39 is 0 Å². The molecule has 0 aromatic heterocycles. The van der Waals surface area contributed by atoms with Gasteiger partial charge in [-0.05, 0) is 43.4 Å². The summed E-state index contributed by atoms with van der Waals surface area (Å²) < 4.78 is 6.07. The Morgan fingerprint density at radius 3 is 2.68 bits per heavy atom. The van der Waals surface area contributed by atoms with Crippen LogP contribution in [0.2, 0.25) is 5.02 Å². The zero-order valence-electron chi connectivity index (χ0n) is 11.3. The highest BCUT2D eigenvalue weighted by atomic mass is 35.5. The van der Waals surface area contributed by atoms with Crippen LogP contribution in [0.3, 0.4) is 0 Å². The van der Waals surface area contributed by atoms with Crippen molar-refractivity contribution < 1.29 is 4.74 Å². The number of benzene rings is 1. The fraction of sp³-hybridized carbons (Fsp3) is 0.625. The average Bonchev–Trinajstić information content (AvgIpc) is 2.86. The minimum atomic E-state index is 0.204. The van der Waals surface area contributed by atoms with Crippen molar-refractivity contribution in [3.8, 4) is 0 Å². The molecule has 0 bridgehead atoms. The van der Waals surface area contributed by atoms with Crippen molar-refractivity contribution in [1.29, 1.82) is 0 Å². The summed E-state index contributed by atoms with van der Waals surface area (Å²) in [5.41, 5.74) is 1.51. The molecule has 0 radical (unpaired) electrons. The summed E-state index contributed by atoms with van der Waals surface area (Å²) in [7, 11) is 0. The van der Waals surface area contributed by atoms with Crippen molar-refractivity contribution in [2.24, 2.45) is 0 Å². The summed E-state index contributed by atoms with van der Waals surface area (Å²) in [6, 6.07) is 8.71. The zero-order chi connectivity index (χ0) is 13.1. The molecule has 19 heavy (non-hydrogen) atoms. The van der Waals surface area contributed by atoms with E-state index in [1.165, 1.54) is 37.7 Å². The van der Waals surface area contributed by atoms with Crippen molar-refractivity contribution in [3.05, 3.63) is 34.9 Å². The van der Waals surface area contributed by atoms with Gasteiger partial charge in [0.2, 0.25) is 0 Å². The van der Waals surface area contributed by atoms with Crippen LogP contribution in [-0.4, -0.2) is 18.2 Å². The number of halogens is 1. The van der Waals surface area contributed by atoms with Crippen LogP contribution in [0, 0.1) is 0 Å². The van der Waals surface area contributed by atoms with Gasteiger partial charge in [-0.1, -0.05) is 36.6 Å². The quantitative estimate of drug-likeness (QED) is 0.905. The van der Waals surface area contributed by atoms with Crippen LogP contribution in [-0.2, 0) is 11.3 Å². The molecule has 1 spiro atoms. The van der Waals surface area contributed by atoms with Gasteiger partial charge in [-0.2, -0.15) is 0 Å². The third-order valence-electron chi connectivity index (χ3n) is 4.52. The fourth-order valence-electron chi connectivity index (χ4n) is 3.43. The van der Waals surface area contributed by atoms with E-state index in [0.29, 0.717) is 6.04 Å². The summed E-state index contributed by atoms with van der Waals surface area (Å²) in [6.45, 7) is 1.84. The van der Waals surface area contributed by atoms with E-state index in [2.05, 4.69) is 17.4 Å². The molecule has 1 aliphatic heterocycles. The Kier molecular flexibility index (Phi) is 4.11. The predicted octanol–water partition coefficient (Wildman–Crippen LogP) is 3.92. The van der Waals surface area contributed by atoms with Gasteiger partial charge in [0.25, 0.3) is 0 Å². The lowest BCUT2D eigenvalue weighted by Crippen LogP contribution is -2.45. The normalized spacial score (nSPS) is 25.8. The second-order valence-corrected chi connectivity index (χ2v) is 6.37. The topological polar surface area (TPSA) is 21.3 Å². The molecule has 1 N–H and O–H groups in total. The molecule has 3 heteroatoms. The maximum Gasteiger partial charge on any atom is 0.0697 e. The molecule has 0 amide bonds. The second-order valence-electron chi connectivity index (χ2n) is 5.94. The summed E-state index contributed by atoms with van der Waals surface area (Å²) in [5, 5.41) is 4.49. The van der Waals surface area contributed by atoms with Crippen molar-refractivity contribution in [2.75, 3.05) is 6.61 Å². The Bertz CT molecular complexity index is 411. The monoisotopic (exact) mass is 279 g/mol. The van der Waals surface area contributed by atoms with E-state index in [1.54, 1.807) is 0 Å². The van der Waals surface area contributed by atoms with Gasteiger partial charge in [-0.3, -0.25) is 0 Å². The van der Waals surface area contributed by atoms with Gasteiger partial charge in [-0.15, -0.1) is 0 Å². The molecule has 1 aliphatic carbocycles. The number of rotatable bonds is 3. The van der Waals surface area contributed by atoms with Crippen LogP contribution >= 0.6 is 11.6 Å². The lowest BCUT2D eigenvalue weighted by molar-refractivity contribution is -0.0837. The van der Waals surface area contributed by atoms with E-state index in [1.807, 2.05) is 12.1 Å². The van der Waals surface area contributed by atoms with E-state index in [9.17, 15) is 0 Å². The Morgan fingerprint density at radius 2 is 1.95 bits per heavy atom. The third-order valence-corrected chi connectivity index (χ3v) is 4.77. The van der Waals surface area contributed by atoms with E-state index in [-0.39, 0.29) is 5.60 Å². The van der Waals surface area contributed by atoms with Crippen LogP contribution in [0.5, 0.6) is 0 Å². The van der Waals surface area contributed by atoms with E-state index >= 15 is 0 Å². The maximum atomic E-state index is 6.07. The van der Waals surface area contributed by atoms with Gasteiger partial charge < -0.3 is 10.1 Å². The molecular formula is C16H22ClNO. The van der Waals surface area contributed by atoms with Gasteiger partial charge in [-0.25, -0.2) is 0 Å². The smallest absolute Gasteiger partial charge is 0.0697 e. The molecule has 1 atom stereocenters. The average molecular weight is 280 g/mol. The molecule has 1 saturated carbocycles. The van der Waals surface area contributed by atoms with Gasteiger partial charge in [0.1, 0.15) is 0 Å². The maximum absolute atomic E-state index is 6.07. The summed E-state index contributed by atoms with van der Waals surface area (Å²) in [5.74, 6) is 0. The second kappa shape index (κ2) is 5.82.